The van der Waals surface area contributed by atoms with Crippen LogP contribution in [0.3, 0.4) is 0 Å². The SMILES string of the molecule is CN(C)C1CCc2cc(F)c(-c3cc(Nc4ccc(N5CCC(O)CC5)cn4)c4c(=O)[nH]ccc4n3)cc21. The number of benzene rings is 1. The molecule has 3 N–H and O–H groups in total. The van der Waals surface area contributed by atoms with E-state index in [-0.39, 0.29) is 23.5 Å². The van der Waals surface area contributed by atoms with Crippen molar-refractivity contribution in [3.63, 3.8) is 0 Å². The van der Waals surface area contributed by atoms with Crippen LogP contribution in [0.25, 0.3) is 22.2 Å². The summed E-state index contributed by atoms with van der Waals surface area (Å²) in [5.41, 5.74) is 4.71. The summed E-state index contributed by atoms with van der Waals surface area (Å²) in [5, 5.41) is 13.4. The van der Waals surface area contributed by atoms with Gasteiger partial charge in [0.05, 0.1) is 40.3 Å². The molecule has 2 aliphatic rings. The van der Waals surface area contributed by atoms with Crippen LogP contribution in [0, 0.1) is 5.82 Å². The number of aromatic amines is 1. The Balaban J connectivity index is 1.38. The number of rotatable bonds is 5. The van der Waals surface area contributed by atoms with E-state index in [1.54, 1.807) is 30.6 Å². The van der Waals surface area contributed by atoms with Gasteiger partial charge in [0.25, 0.3) is 5.56 Å². The number of aromatic nitrogens is 3. The number of hydrogen-bond acceptors (Lipinski definition) is 7. The average molecular weight is 515 g/mol. The second-order valence-electron chi connectivity index (χ2n) is 10.4. The lowest BCUT2D eigenvalue weighted by atomic mass is 10.00. The van der Waals surface area contributed by atoms with Crippen LogP contribution in [0.15, 0.2) is 53.6 Å². The molecule has 6 rings (SSSR count). The van der Waals surface area contributed by atoms with Gasteiger partial charge in [-0.25, -0.2) is 14.4 Å². The summed E-state index contributed by atoms with van der Waals surface area (Å²) in [7, 11) is 4.08. The number of pyridine rings is 3. The minimum atomic E-state index is -0.320. The first-order valence-corrected chi connectivity index (χ1v) is 13.0. The molecule has 0 spiro atoms. The minimum absolute atomic E-state index is 0.233. The molecule has 196 valence electrons. The molecule has 1 aliphatic heterocycles. The fraction of sp³-hybridized carbons (Fsp3) is 0.345. The molecule has 1 aromatic carbocycles. The number of nitrogens with zero attached hydrogens (tertiary/aromatic N) is 4. The van der Waals surface area contributed by atoms with Gasteiger partial charge in [0.2, 0.25) is 0 Å². The fourth-order valence-electron chi connectivity index (χ4n) is 5.68. The minimum Gasteiger partial charge on any atom is -0.393 e. The van der Waals surface area contributed by atoms with Crippen LogP contribution in [0.1, 0.15) is 36.4 Å². The maximum absolute atomic E-state index is 15.4. The van der Waals surface area contributed by atoms with Gasteiger partial charge in [-0.15, -0.1) is 0 Å². The number of nitrogens with one attached hydrogen (secondary N) is 2. The van der Waals surface area contributed by atoms with Crippen molar-refractivity contribution in [2.24, 2.45) is 0 Å². The van der Waals surface area contributed by atoms with E-state index >= 15 is 4.39 Å². The summed E-state index contributed by atoms with van der Waals surface area (Å²) in [5.74, 6) is 0.245. The Morgan fingerprint density at radius 3 is 2.68 bits per heavy atom. The van der Waals surface area contributed by atoms with Crippen LogP contribution >= 0.6 is 0 Å². The normalized spacial score (nSPS) is 17.8. The molecule has 4 heterocycles. The zero-order valence-electron chi connectivity index (χ0n) is 21.5. The Morgan fingerprint density at radius 1 is 1.13 bits per heavy atom. The highest BCUT2D eigenvalue weighted by molar-refractivity contribution is 5.94. The third-order valence-electron chi connectivity index (χ3n) is 7.74. The maximum Gasteiger partial charge on any atom is 0.259 e. The lowest BCUT2D eigenvalue weighted by molar-refractivity contribution is 0.145. The van der Waals surface area contributed by atoms with E-state index in [0.29, 0.717) is 33.7 Å². The van der Waals surface area contributed by atoms with Gasteiger partial charge in [-0.3, -0.25) is 4.79 Å². The van der Waals surface area contributed by atoms with Crippen molar-refractivity contribution < 1.29 is 9.50 Å². The summed E-state index contributed by atoms with van der Waals surface area (Å²) in [6.45, 7) is 1.56. The highest BCUT2D eigenvalue weighted by Gasteiger charge is 2.27. The number of aliphatic hydroxyl groups excluding tert-OH is 1. The Hall–Kier alpha value is -3.82. The van der Waals surface area contributed by atoms with E-state index in [1.165, 1.54) is 0 Å². The van der Waals surface area contributed by atoms with Gasteiger partial charge in [-0.05, 0) is 87.3 Å². The maximum atomic E-state index is 15.4. The van der Waals surface area contributed by atoms with Crippen molar-refractivity contribution in [2.75, 3.05) is 37.4 Å². The third-order valence-corrected chi connectivity index (χ3v) is 7.74. The van der Waals surface area contributed by atoms with Crippen molar-refractivity contribution in [1.82, 2.24) is 19.9 Å². The fourth-order valence-corrected chi connectivity index (χ4v) is 5.68. The van der Waals surface area contributed by atoms with E-state index in [4.69, 9.17) is 0 Å². The van der Waals surface area contributed by atoms with Gasteiger partial charge in [0.15, 0.2) is 0 Å². The van der Waals surface area contributed by atoms with Crippen molar-refractivity contribution in [3.8, 4) is 11.3 Å². The molecule has 1 unspecified atom stereocenters. The zero-order chi connectivity index (χ0) is 26.4. The molecule has 0 radical (unpaired) electrons. The summed E-state index contributed by atoms with van der Waals surface area (Å²) in [6, 6.07) is 11.1. The van der Waals surface area contributed by atoms with Gasteiger partial charge in [0.1, 0.15) is 11.6 Å². The van der Waals surface area contributed by atoms with Crippen LogP contribution in [0.2, 0.25) is 0 Å². The van der Waals surface area contributed by atoms with Crippen LogP contribution in [-0.4, -0.2) is 58.2 Å². The summed E-state index contributed by atoms with van der Waals surface area (Å²) < 4.78 is 15.4. The second kappa shape index (κ2) is 9.81. The summed E-state index contributed by atoms with van der Waals surface area (Å²) >= 11 is 0. The van der Waals surface area contributed by atoms with E-state index in [0.717, 1.165) is 55.6 Å². The van der Waals surface area contributed by atoms with Crippen molar-refractivity contribution in [1.29, 1.82) is 0 Å². The number of H-pyrrole nitrogens is 1. The molecule has 1 atom stereocenters. The molecule has 1 aliphatic carbocycles. The summed E-state index contributed by atoms with van der Waals surface area (Å²) in [6.07, 6.45) is 6.38. The molecule has 3 aromatic heterocycles. The van der Waals surface area contributed by atoms with E-state index in [1.807, 2.05) is 32.3 Å². The van der Waals surface area contributed by atoms with Crippen LogP contribution in [-0.2, 0) is 6.42 Å². The molecule has 1 saturated heterocycles. The number of piperidine rings is 1. The number of aliphatic hydroxyl groups is 1. The smallest absolute Gasteiger partial charge is 0.259 e. The molecule has 0 bridgehead atoms. The number of fused-ring (bicyclic) bond motifs is 2. The van der Waals surface area contributed by atoms with E-state index < -0.39 is 0 Å². The quantitative estimate of drug-likeness (QED) is 0.364. The number of halogens is 1. The second-order valence-corrected chi connectivity index (χ2v) is 10.4. The molecule has 9 heteroatoms. The van der Waals surface area contributed by atoms with Gasteiger partial charge < -0.3 is 25.2 Å². The predicted molar refractivity (Wildman–Crippen MR) is 147 cm³/mol. The van der Waals surface area contributed by atoms with Crippen LogP contribution in [0.4, 0.5) is 21.6 Å². The lowest BCUT2D eigenvalue weighted by Gasteiger charge is -2.31. The first-order chi connectivity index (χ1) is 18.4. The standard InChI is InChI=1S/C29H31FN6O2/c1-35(2)26-5-3-17-13-22(30)21(14-20(17)26)24-15-25(28-23(33-24)7-10-31-29(28)38)34-27-6-4-18(16-32-27)36-11-8-19(37)9-12-36/h4,6-7,10,13-16,19,26,37H,3,5,8-9,11-12H2,1-2H3,(H,31,38)(H,32,33,34). The Labute approximate surface area is 220 Å². The van der Waals surface area contributed by atoms with Crippen LogP contribution in [0.5, 0.6) is 0 Å². The molecule has 0 saturated carbocycles. The first-order valence-electron chi connectivity index (χ1n) is 13.0. The predicted octanol–water partition coefficient (Wildman–Crippen LogP) is 4.38. The number of hydrogen-bond donors (Lipinski definition) is 3. The molecule has 0 amide bonds. The van der Waals surface area contributed by atoms with Gasteiger partial charge in [-0.2, -0.15) is 0 Å². The number of aryl methyl sites for hydroxylation is 1. The highest BCUT2D eigenvalue weighted by Crippen LogP contribution is 2.39. The first kappa shape index (κ1) is 24.5. The molecule has 38 heavy (non-hydrogen) atoms. The summed E-state index contributed by atoms with van der Waals surface area (Å²) in [4.78, 5) is 29.1. The molecule has 4 aromatic rings. The van der Waals surface area contributed by atoms with Gasteiger partial charge >= 0.3 is 0 Å². The Morgan fingerprint density at radius 2 is 1.95 bits per heavy atom. The van der Waals surface area contributed by atoms with Crippen molar-refractivity contribution >= 4 is 28.1 Å². The van der Waals surface area contributed by atoms with Gasteiger partial charge in [-0.1, -0.05) is 0 Å². The molecular formula is C29H31FN6O2. The monoisotopic (exact) mass is 514 g/mol. The lowest BCUT2D eigenvalue weighted by Crippen LogP contribution is -2.35. The average Bonchev–Trinajstić information content (AvgIpc) is 3.32. The van der Waals surface area contributed by atoms with Crippen molar-refractivity contribution in [3.05, 3.63) is 76.1 Å². The topological polar surface area (TPSA) is 97.4 Å². The Kier molecular flexibility index (Phi) is 6.33. The number of anilines is 3. The molecular weight excluding hydrogens is 483 g/mol. The largest absolute Gasteiger partial charge is 0.393 e. The molecule has 1 fully saturated rings. The Bertz CT molecular complexity index is 1540. The third kappa shape index (κ3) is 4.52. The highest BCUT2D eigenvalue weighted by atomic mass is 19.1. The zero-order valence-corrected chi connectivity index (χ0v) is 21.5. The van der Waals surface area contributed by atoms with Crippen molar-refractivity contribution in [2.45, 2.75) is 37.8 Å². The molecule has 8 nitrogen and oxygen atoms in total. The van der Waals surface area contributed by atoms with E-state index in [2.05, 4.69) is 30.1 Å². The van der Waals surface area contributed by atoms with Crippen LogP contribution < -0.4 is 15.8 Å². The van der Waals surface area contributed by atoms with E-state index in [9.17, 15) is 9.90 Å². The van der Waals surface area contributed by atoms with Gasteiger partial charge in [0, 0.05) is 30.9 Å².